The molecule has 306 valence electrons. The van der Waals surface area contributed by atoms with Crippen molar-refractivity contribution >= 4 is 43.6 Å². The van der Waals surface area contributed by atoms with Crippen LogP contribution in [0.25, 0.3) is 88.4 Å². The van der Waals surface area contributed by atoms with Crippen molar-refractivity contribution in [2.24, 2.45) is 0 Å². The third-order valence-electron chi connectivity index (χ3n) is 11.6. The molecule has 0 saturated heterocycles. The maximum atomic E-state index is 15.0. The van der Waals surface area contributed by atoms with E-state index in [0.717, 1.165) is 28.3 Å². The topological polar surface area (TPSA) is 81.2 Å². The summed E-state index contributed by atoms with van der Waals surface area (Å²) in [7, 11) is 0. The van der Waals surface area contributed by atoms with Crippen molar-refractivity contribution in [3.63, 3.8) is 0 Å². The monoisotopic (exact) mass is 847 g/mol. The standard InChI is InChI=1S/C53H27F6N5/c54-52(55,56)43-14-7-15-44(53(57,58)59)51(43)37-26-49(63-45-16-3-1-12-38(45)40-24-35(18-20-47(40)63)33-10-5-8-31(22-33)28-60)42(30-62)50(27-37)64-46-17-4-2-13-39(46)41-25-36(19-21-48(41)64)34-11-6-9-32(23-34)29-61/h1-27H. The van der Waals surface area contributed by atoms with Gasteiger partial charge in [-0.15, -0.1) is 0 Å². The number of benzene rings is 8. The predicted molar refractivity (Wildman–Crippen MR) is 236 cm³/mol. The maximum Gasteiger partial charge on any atom is 0.417 e. The van der Waals surface area contributed by atoms with Crippen molar-refractivity contribution in [2.45, 2.75) is 12.4 Å². The highest BCUT2D eigenvalue weighted by Gasteiger charge is 2.41. The van der Waals surface area contributed by atoms with Gasteiger partial charge < -0.3 is 9.13 Å². The lowest BCUT2D eigenvalue weighted by molar-refractivity contribution is -0.142. The molecule has 0 aliphatic carbocycles. The van der Waals surface area contributed by atoms with Crippen LogP contribution in [0.4, 0.5) is 26.3 Å². The van der Waals surface area contributed by atoms with Crippen LogP contribution in [0.15, 0.2) is 164 Å². The second kappa shape index (κ2) is 14.8. The van der Waals surface area contributed by atoms with Gasteiger partial charge in [0.2, 0.25) is 0 Å². The van der Waals surface area contributed by atoms with E-state index in [4.69, 9.17) is 0 Å². The number of halogens is 6. The Kier molecular flexibility index (Phi) is 9.14. The maximum absolute atomic E-state index is 15.0. The molecule has 0 fully saturated rings. The van der Waals surface area contributed by atoms with E-state index in [2.05, 4.69) is 18.2 Å². The predicted octanol–water partition coefficient (Wildman–Crippen LogP) is 14.5. The summed E-state index contributed by atoms with van der Waals surface area (Å²) in [4.78, 5) is 0. The number of hydrogen-bond donors (Lipinski definition) is 0. The summed E-state index contributed by atoms with van der Waals surface area (Å²) in [6.45, 7) is 0. The lowest BCUT2D eigenvalue weighted by atomic mass is 9.91. The lowest BCUT2D eigenvalue weighted by Crippen LogP contribution is -2.15. The molecule has 0 bridgehead atoms. The molecule has 0 atom stereocenters. The van der Waals surface area contributed by atoms with Crippen LogP contribution < -0.4 is 0 Å². The Hall–Kier alpha value is -8.59. The van der Waals surface area contributed by atoms with Crippen LogP contribution in [0.1, 0.15) is 27.8 Å². The third-order valence-corrected chi connectivity index (χ3v) is 11.6. The first kappa shape index (κ1) is 39.5. The minimum atomic E-state index is -5.19. The Balaban J connectivity index is 1.34. The van der Waals surface area contributed by atoms with Gasteiger partial charge in [0.25, 0.3) is 0 Å². The van der Waals surface area contributed by atoms with Gasteiger partial charge in [-0.05, 0) is 113 Å². The SMILES string of the molecule is N#Cc1cccc(-c2ccc3c(c2)c2ccccc2n3-c2cc(-c3c(C(F)(F)F)cccc3C(F)(F)F)cc(-n3c4ccccc4c4cc(-c5cccc(C#N)c5)ccc43)c2C#N)c1. The minimum absolute atomic E-state index is 0.0105. The highest BCUT2D eigenvalue weighted by atomic mass is 19.4. The van der Waals surface area contributed by atoms with Gasteiger partial charge in [-0.3, -0.25) is 0 Å². The largest absolute Gasteiger partial charge is 0.417 e. The fraction of sp³-hybridized carbons (Fsp3) is 0.0377. The summed E-state index contributed by atoms with van der Waals surface area (Å²) >= 11 is 0. The number of para-hydroxylation sites is 2. The number of nitrogens with zero attached hydrogens (tertiary/aromatic N) is 5. The Morgan fingerprint density at radius 1 is 0.359 bits per heavy atom. The van der Waals surface area contributed by atoms with Gasteiger partial charge >= 0.3 is 12.4 Å². The first-order valence-electron chi connectivity index (χ1n) is 19.8. The van der Waals surface area contributed by atoms with Gasteiger partial charge in [0, 0.05) is 27.1 Å². The molecule has 11 heteroatoms. The molecule has 0 radical (unpaired) electrons. The number of hydrogen-bond acceptors (Lipinski definition) is 3. The number of rotatable bonds is 5. The van der Waals surface area contributed by atoms with Gasteiger partial charge in [-0.2, -0.15) is 42.1 Å². The van der Waals surface area contributed by atoms with E-state index in [1.54, 1.807) is 81.9 Å². The van der Waals surface area contributed by atoms with E-state index in [1.165, 1.54) is 12.1 Å². The van der Waals surface area contributed by atoms with E-state index in [1.807, 2.05) is 60.7 Å². The highest BCUT2D eigenvalue weighted by Crippen LogP contribution is 2.48. The molecule has 0 amide bonds. The van der Waals surface area contributed by atoms with E-state index >= 15 is 26.3 Å². The van der Waals surface area contributed by atoms with E-state index in [9.17, 15) is 15.8 Å². The molecule has 0 N–H and O–H groups in total. The molecule has 0 spiro atoms. The van der Waals surface area contributed by atoms with Crippen LogP contribution in [0.3, 0.4) is 0 Å². The van der Waals surface area contributed by atoms with Crippen LogP contribution in [-0.2, 0) is 12.4 Å². The average Bonchev–Trinajstić information content (AvgIpc) is 3.82. The molecule has 8 aromatic carbocycles. The fourth-order valence-electron chi connectivity index (χ4n) is 8.92. The van der Waals surface area contributed by atoms with Crippen molar-refractivity contribution < 1.29 is 26.3 Å². The smallest absolute Gasteiger partial charge is 0.308 e. The number of nitriles is 3. The van der Waals surface area contributed by atoms with Crippen LogP contribution in [0.2, 0.25) is 0 Å². The molecule has 0 aliphatic rings. The van der Waals surface area contributed by atoms with Crippen molar-refractivity contribution in [2.75, 3.05) is 0 Å². The molecular weight excluding hydrogens is 821 g/mol. The Morgan fingerprint density at radius 2 is 0.766 bits per heavy atom. The molecule has 64 heavy (non-hydrogen) atoms. The minimum Gasteiger partial charge on any atom is -0.308 e. The van der Waals surface area contributed by atoms with Gasteiger partial charge in [0.1, 0.15) is 11.6 Å². The first-order chi connectivity index (χ1) is 30.9. The lowest BCUT2D eigenvalue weighted by Gasteiger charge is -2.22. The average molecular weight is 848 g/mol. The quantitative estimate of drug-likeness (QED) is 0.162. The molecular formula is C53H27F6N5. The highest BCUT2D eigenvalue weighted by molar-refractivity contribution is 6.12. The van der Waals surface area contributed by atoms with E-state index < -0.39 is 34.6 Å². The van der Waals surface area contributed by atoms with Gasteiger partial charge in [-0.1, -0.05) is 78.9 Å². The zero-order chi connectivity index (χ0) is 44.5. The second-order valence-electron chi connectivity index (χ2n) is 15.3. The zero-order valence-electron chi connectivity index (χ0n) is 33.1. The Bertz CT molecular complexity index is 3470. The molecule has 0 aliphatic heterocycles. The number of aromatic nitrogens is 2. The summed E-state index contributed by atoms with van der Waals surface area (Å²) in [5, 5.41) is 33.3. The molecule has 0 unspecified atom stereocenters. The summed E-state index contributed by atoms with van der Waals surface area (Å²) in [6.07, 6.45) is -10.4. The van der Waals surface area contributed by atoms with Crippen molar-refractivity contribution in [1.29, 1.82) is 15.8 Å². The summed E-state index contributed by atoms with van der Waals surface area (Å²) in [5.74, 6) is 0. The van der Waals surface area contributed by atoms with Gasteiger partial charge in [0.15, 0.2) is 0 Å². The summed E-state index contributed by atoms with van der Waals surface area (Å²) in [5.41, 5.74) is 1.77. The van der Waals surface area contributed by atoms with Crippen LogP contribution in [-0.4, -0.2) is 9.13 Å². The summed E-state index contributed by atoms with van der Waals surface area (Å²) in [6, 6.07) is 50.8. The van der Waals surface area contributed by atoms with E-state index in [0.29, 0.717) is 66.9 Å². The molecule has 2 aromatic heterocycles. The first-order valence-corrected chi connectivity index (χ1v) is 19.8. The molecule has 2 heterocycles. The normalized spacial score (nSPS) is 11.9. The Labute approximate surface area is 360 Å². The molecule has 10 rings (SSSR count). The van der Waals surface area contributed by atoms with Crippen LogP contribution in [0.5, 0.6) is 0 Å². The summed E-state index contributed by atoms with van der Waals surface area (Å²) < 4.78 is 93.5. The van der Waals surface area contributed by atoms with Gasteiger partial charge in [-0.25, -0.2) is 0 Å². The van der Waals surface area contributed by atoms with Crippen molar-refractivity contribution in [3.8, 4) is 63.0 Å². The second-order valence-corrected chi connectivity index (χ2v) is 15.3. The fourth-order valence-corrected chi connectivity index (χ4v) is 8.92. The van der Waals surface area contributed by atoms with Crippen molar-refractivity contribution in [3.05, 3.63) is 192 Å². The molecule has 5 nitrogen and oxygen atoms in total. The molecule has 10 aromatic rings. The van der Waals surface area contributed by atoms with Gasteiger partial charge in [0.05, 0.1) is 67.8 Å². The van der Waals surface area contributed by atoms with Crippen molar-refractivity contribution in [1.82, 2.24) is 9.13 Å². The number of fused-ring (bicyclic) bond motifs is 6. The van der Waals surface area contributed by atoms with E-state index in [-0.39, 0.29) is 16.9 Å². The zero-order valence-corrected chi connectivity index (χ0v) is 33.1. The molecule has 0 saturated carbocycles. The van der Waals surface area contributed by atoms with Crippen LogP contribution in [0, 0.1) is 34.0 Å². The Morgan fingerprint density at radius 3 is 1.19 bits per heavy atom. The number of alkyl halides is 6. The van der Waals surface area contributed by atoms with Crippen LogP contribution >= 0.6 is 0 Å². The third kappa shape index (κ3) is 6.40.